The Balaban J connectivity index is 1.99. The van der Waals surface area contributed by atoms with E-state index in [1.165, 1.54) is 0 Å². The van der Waals surface area contributed by atoms with Gasteiger partial charge in [-0.3, -0.25) is 9.59 Å². The van der Waals surface area contributed by atoms with Gasteiger partial charge in [-0.15, -0.1) is 0 Å². The quantitative estimate of drug-likeness (QED) is 0.619. The fourth-order valence-corrected chi connectivity index (χ4v) is 3.04. The van der Waals surface area contributed by atoms with E-state index in [2.05, 4.69) is 5.16 Å². The number of aromatic nitrogens is 1. The molecule has 0 saturated heterocycles. The zero-order valence-electron chi connectivity index (χ0n) is 13.7. The summed E-state index contributed by atoms with van der Waals surface area (Å²) < 4.78 is 15.7. The van der Waals surface area contributed by atoms with Crippen LogP contribution in [0.2, 0.25) is 0 Å². The van der Waals surface area contributed by atoms with E-state index in [0.29, 0.717) is 11.5 Å². The number of hydrogen-bond donors (Lipinski definition) is 0. The average molecular weight is 329 g/mol. The Morgan fingerprint density at radius 2 is 1.71 bits per heavy atom. The van der Waals surface area contributed by atoms with Gasteiger partial charge in [0.2, 0.25) is 0 Å². The van der Waals surface area contributed by atoms with Crippen LogP contribution in [0.25, 0.3) is 11.3 Å². The van der Waals surface area contributed by atoms with Crippen molar-refractivity contribution in [1.82, 2.24) is 5.16 Å². The molecule has 0 atom stereocenters. The Bertz CT molecular complexity index is 732. The molecule has 0 amide bonds. The molecule has 6 nitrogen and oxygen atoms in total. The van der Waals surface area contributed by atoms with E-state index >= 15 is 0 Å². The number of carbonyl (C=O) groups excluding carboxylic acids is 2. The summed E-state index contributed by atoms with van der Waals surface area (Å²) in [6.07, 6.45) is 0.285. The molecule has 0 saturated carbocycles. The lowest BCUT2D eigenvalue weighted by molar-refractivity contribution is -0.171. The molecule has 1 aliphatic rings. The molecule has 3 rings (SSSR count). The summed E-state index contributed by atoms with van der Waals surface area (Å²) in [6.45, 7) is 3.82. The molecule has 1 aromatic carbocycles. The highest BCUT2D eigenvalue weighted by molar-refractivity contribution is 6.01. The maximum absolute atomic E-state index is 12.5. The number of nitrogens with zero attached hydrogens (tertiary/aromatic N) is 1. The molecule has 0 bridgehead atoms. The number of carbonyl (C=O) groups is 2. The lowest BCUT2D eigenvalue weighted by atomic mass is 9.84. The summed E-state index contributed by atoms with van der Waals surface area (Å²) in [5.74, 6) is -0.613. The maximum Gasteiger partial charge on any atom is 0.324 e. The second-order valence-corrected chi connectivity index (χ2v) is 5.68. The average Bonchev–Trinajstić information content (AvgIpc) is 3.14. The summed E-state index contributed by atoms with van der Waals surface area (Å²) in [7, 11) is 0. The number of esters is 2. The van der Waals surface area contributed by atoms with Gasteiger partial charge in [-0.1, -0.05) is 35.5 Å². The number of ether oxygens (including phenoxy) is 2. The van der Waals surface area contributed by atoms with E-state index in [0.717, 1.165) is 11.1 Å². The van der Waals surface area contributed by atoms with Crippen molar-refractivity contribution in [3.05, 3.63) is 41.7 Å². The zero-order chi connectivity index (χ0) is 17.2. The monoisotopic (exact) mass is 329 g/mol. The van der Waals surface area contributed by atoms with Crippen molar-refractivity contribution < 1.29 is 23.6 Å². The van der Waals surface area contributed by atoms with E-state index in [4.69, 9.17) is 14.0 Å². The van der Waals surface area contributed by atoms with Gasteiger partial charge in [-0.05, 0) is 13.8 Å². The van der Waals surface area contributed by atoms with Crippen molar-refractivity contribution in [2.24, 2.45) is 5.41 Å². The van der Waals surface area contributed by atoms with Gasteiger partial charge in [-0.25, -0.2) is 0 Å². The molecule has 1 heterocycles. The molecule has 0 unspecified atom stereocenters. The van der Waals surface area contributed by atoms with E-state index < -0.39 is 17.4 Å². The molecule has 0 aliphatic heterocycles. The third-order valence-corrected chi connectivity index (χ3v) is 4.19. The maximum atomic E-state index is 12.5. The van der Waals surface area contributed by atoms with Crippen LogP contribution < -0.4 is 0 Å². The molecule has 6 heteroatoms. The van der Waals surface area contributed by atoms with Crippen LogP contribution in [-0.2, 0) is 31.9 Å². The van der Waals surface area contributed by atoms with Gasteiger partial charge in [0.05, 0.1) is 13.2 Å². The second kappa shape index (κ2) is 6.47. The van der Waals surface area contributed by atoms with Crippen molar-refractivity contribution in [2.45, 2.75) is 26.7 Å². The highest BCUT2D eigenvalue weighted by Gasteiger charge is 2.55. The third-order valence-electron chi connectivity index (χ3n) is 4.19. The predicted molar refractivity (Wildman–Crippen MR) is 85.0 cm³/mol. The van der Waals surface area contributed by atoms with Crippen molar-refractivity contribution in [1.29, 1.82) is 0 Å². The highest BCUT2D eigenvalue weighted by Crippen LogP contribution is 2.43. The van der Waals surface area contributed by atoms with Crippen molar-refractivity contribution in [2.75, 3.05) is 13.2 Å². The van der Waals surface area contributed by atoms with E-state index in [9.17, 15) is 9.59 Å². The Labute approximate surface area is 139 Å². The van der Waals surface area contributed by atoms with Crippen molar-refractivity contribution in [3.63, 3.8) is 0 Å². The summed E-state index contributed by atoms with van der Waals surface area (Å²) >= 11 is 0. The Hall–Kier alpha value is -2.63. The first kappa shape index (κ1) is 16.2. The minimum Gasteiger partial charge on any atom is -0.465 e. The lowest BCUT2D eigenvalue weighted by Crippen LogP contribution is -2.43. The van der Waals surface area contributed by atoms with Crippen molar-refractivity contribution in [3.8, 4) is 11.3 Å². The van der Waals surface area contributed by atoms with Gasteiger partial charge >= 0.3 is 11.9 Å². The van der Waals surface area contributed by atoms with Gasteiger partial charge in [0, 0.05) is 24.0 Å². The van der Waals surface area contributed by atoms with Crippen LogP contribution in [-0.4, -0.2) is 30.3 Å². The summed E-state index contributed by atoms with van der Waals surface area (Å²) in [5.41, 5.74) is 0.918. The number of fused-ring (bicyclic) bond motifs is 1. The van der Waals surface area contributed by atoms with Crippen LogP contribution in [0.15, 0.2) is 34.9 Å². The fraction of sp³-hybridized carbons (Fsp3) is 0.389. The largest absolute Gasteiger partial charge is 0.465 e. The molecular formula is C18H19NO5. The van der Waals surface area contributed by atoms with E-state index in [-0.39, 0.29) is 26.1 Å². The van der Waals surface area contributed by atoms with Crippen LogP contribution in [0.1, 0.15) is 25.2 Å². The molecule has 1 aliphatic carbocycles. The summed E-state index contributed by atoms with van der Waals surface area (Å²) in [6, 6.07) is 9.52. The molecule has 2 aromatic rings. The highest BCUT2D eigenvalue weighted by atomic mass is 16.6. The number of rotatable bonds is 5. The smallest absolute Gasteiger partial charge is 0.324 e. The zero-order valence-corrected chi connectivity index (χ0v) is 13.7. The molecule has 0 N–H and O–H groups in total. The van der Waals surface area contributed by atoms with Gasteiger partial charge in [0.25, 0.3) is 0 Å². The van der Waals surface area contributed by atoms with Crippen LogP contribution in [0.4, 0.5) is 0 Å². The Kier molecular flexibility index (Phi) is 4.38. The Morgan fingerprint density at radius 3 is 2.29 bits per heavy atom. The molecule has 0 spiro atoms. The van der Waals surface area contributed by atoms with Crippen molar-refractivity contribution >= 4 is 11.9 Å². The Morgan fingerprint density at radius 1 is 1.08 bits per heavy atom. The molecule has 0 radical (unpaired) electrons. The molecule has 126 valence electrons. The SMILES string of the molecule is CCOC(=O)C1(C(=O)OCC)Cc2onc(-c3ccccc3)c2C1. The predicted octanol–water partition coefficient (Wildman–Crippen LogP) is 2.55. The van der Waals surface area contributed by atoms with Crippen LogP contribution >= 0.6 is 0 Å². The third kappa shape index (κ3) is 2.58. The topological polar surface area (TPSA) is 78.6 Å². The molecule has 0 fully saturated rings. The summed E-state index contributed by atoms with van der Waals surface area (Å²) in [5, 5.41) is 4.11. The minimum atomic E-state index is -1.38. The second-order valence-electron chi connectivity index (χ2n) is 5.68. The van der Waals surface area contributed by atoms with Crippen LogP contribution in [0, 0.1) is 5.41 Å². The first-order chi connectivity index (χ1) is 11.6. The normalized spacial score (nSPS) is 14.9. The standard InChI is InChI=1S/C18H19NO5/c1-3-22-16(20)18(17(21)23-4-2)10-13-14(11-18)24-19-15(13)12-8-6-5-7-9-12/h5-9H,3-4,10-11H2,1-2H3. The number of hydrogen-bond acceptors (Lipinski definition) is 6. The van der Waals surface area contributed by atoms with Gasteiger partial charge in [-0.2, -0.15) is 0 Å². The van der Waals surface area contributed by atoms with Crippen LogP contribution in [0.3, 0.4) is 0 Å². The summed E-state index contributed by atoms with van der Waals surface area (Å²) in [4.78, 5) is 25.0. The lowest BCUT2D eigenvalue weighted by Gasteiger charge is -2.23. The van der Waals surface area contributed by atoms with Gasteiger partial charge in [0.1, 0.15) is 11.5 Å². The first-order valence-electron chi connectivity index (χ1n) is 7.99. The van der Waals surface area contributed by atoms with E-state index in [1.807, 2.05) is 30.3 Å². The number of benzene rings is 1. The minimum absolute atomic E-state index is 0.111. The molecule has 1 aromatic heterocycles. The fourth-order valence-electron chi connectivity index (χ4n) is 3.04. The first-order valence-corrected chi connectivity index (χ1v) is 7.99. The van der Waals surface area contributed by atoms with E-state index in [1.54, 1.807) is 13.8 Å². The van der Waals surface area contributed by atoms with Gasteiger partial charge in [0.15, 0.2) is 5.41 Å². The molecule has 24 heavy (non-hydrogen) atoms. The molecular weight excluding hydrogens is 310 g/mol. The van der Waals surface area contributed by atoms with Crippen LogP contribution in [0.5, 0.6) is 0 Å². The van der Waals surface area contributed by atoms with Gasteiger partial charge < -0.3 is 14.0 Å².